The van der Waals surface area contributed by atoms with E-state index in [1.54, 1.807) is 11.3 Å². The summed E-state index contributed by atoms with van der Waals surface area (Å²) >= 11 is 2.81. The molecule has 158 valence electrons. The van der Waals surface area contributed by atoms with Gasteiger partial charge in [-0.1, -0.05) is 24.3 Å². The number of thiazole rings is 1. The van der Waals surface area contributed by atoms with Crippen molar-refractivity contribution in [3.63, 3.8) is 0 Å². The second-order valence-corrected chi connectivity index (χ2v) is 9.32. The number of hydrogen-bond acceptors (Lipinski definition) is 7. The minimum Gasteiger partial charge on any atom is -0.489 e. The van der Waals surface area contributed by atoms with Crippen molar-refractivity contribution in [1.82, 2.24) is 10.3 Å². The predicted octanol–water partition coefficient (Wildman–Crippen LogP) is 5.77. The number of piperidine rings is 1. The molecule has 4 N–H and O–H groups in total. The summed E-state index contributed by atoms with van der Waals surface area (Å²) in [6, 6.07) is 14.8. The predicted molar refractivity (Wildman–Crippen MR) is 128 cm³/mol. The molecule has 1 fully saturated rings. The molecular formula is C23H28N4OS2. The zero-order valence-corrected chi connectivity index (χ0v) is 19.0. The number of nitrogens with two attached hydrogens (primary N) is 1. The fourth-order valence-electron chi connectivity index (χ4n) is 3.70. The van der Waals surface area contributed by atoms with Gasteiger partial charge in [0, 0.05) is 15.8 Å². The highest BCUT2D eigenvalue weighted by molar-refractivity contribution is 7.97. The average Bonchev–Trinajstić information content (AvgIpc) is 3.24. The standard InChI is InChI=1S/C23H28N4OS2/c1-15(2)28-22-8-7-19(30-24)13-20(22)26-23-27-21(14-29-23)18-5-3-16(4-6-18)17-9-11-25-12-10-17/h3-8,13-15,17,25H,9-12,24H2,1-2H3,(H,26,27). The number of nitrogens with zero attached hydrogens (tertiary/aromatic N) is 1. The van der Waals surface area contributed by atoms with E-state index < -0.39 is 0 Å². The Labute approximate surface area is 186 Å². The zero-order valence-electron chi connectivity index (χ0n) is 17.4. The third-order valence-electron chi connectivity index (χ3n) is 5.21. The Morgan fingerprint density at radius 2 is 1.93 bits per heavy atom. The van der Waals surface area contributed by atoms with E-state index in [4.69, 9.17) is 14.9 Å². The molecule has 1 aromatic heterocycles. The Kier molecular flexibility index (Phi) is 6.94. The van der Waals surface area contributed by atoms with E-state index >= 15 is 0 Å². The van der Waals surface area contributed by atoms with Gasteiger partial charge in [0.15, 0.2) is 5.13 Å². The molecule has 1 aliphatic rings. The van der Waals surface area contributed by atoms with Crippen LogP contribution >= 0.6 is 23.3 Å². The molecule has 0 saturated carbocycles. The first kappa shape index (κ1) is 21.2. The summed E-state index contributed by atoms with van der Waals surface area (Å²) in [6.45, 7) is 6.26. The Bertz CT molecular complexity index is 966. The molecule has 30 heavy (non-hydrogen) atoms. The SMILES string of the molecule is CC(C)Oc1ccc(SN)cc1Nc1nc(-c2ccc(C3CCNCC3)cc2)cs1. The van der Waals surface area contributed by atoms with Gasteiger partial charge in [-0.05, 0) is 81.4 Å². The van der Waals surface area contributed by atoms with Crippen molar-refractivity contribution < 1.29 is 4.74 Å². The molecule has 0 aliphatic carbocycles. The van der Waals surface area contributed by atoms with Crippen LogP contribution in [0, 0.1) is 0 Å². The minimum absolute atomic E-state index is 0.0900. The van der Waals surface area contributed by atoms with Gasteiger partial charge >= 0.3 is 0 Å². The lowest BCUT2D eigenvalue weighted by atomic mass is 9.90. The van der Waals surface area contributed by atoms with Gasteiger partial charge in [-0.25, -0.2) is 4.98 Å². The number of benzene rings is 2. The molecule has 1 saturated heterocycles. The van der Waals surface area contributed by atoms with Gasteiger partial charge in [-0.2, -0.15) is 0 Å². The van der Waals surface area contributed by atoms with Crippen molar-refractivity contribution >= 4 is 34.1 Å². The molecule has 1 aliphatic heterocycles. The second-order valence-electron chi connectivity index (χ2n) is 7.75. The number of rotatable bonds is 7. The summed E-state index contributed by atoms with van der Waals surface area (Å²) in [5.74, 6) is 1.46. The highest BCUT2D eigenvalue weighted by Gasteiger charge is 2.15. The molecule has 2 heterocycles. The van der Waals surface area contributed by atoms with E-state index in [0.29, 0.717) is 5.92 Å². The third-order valence-corrected chi connectivity index (χ3v) is 6.50. The van der Waals surface area contributed by atoms with Crippen LogP contribution in [0.5, 0.6) is 5.75 Å². The van der Waals surface area contributed by atoms with Gasteiger partial charge in [0.05, 0.1) is 17.5 Å². The van der Waals surface area contributed by atoms with Crippen LogP contribution < -0.4 is 20.5 Å². The van der Waals surface area contributed by atoms with E-state index in [2.05, 4.69) is 40.3 Å². The Morgan fingerprint density at radius 3 is 2.63 bits per heavy atom. The highest BCUT2D eigenvalue weighted by atomic mass is 32.2. The third kappa shape index (κ3) is 5.16. The molecule has 0 spiro atoms. The van der Waals surface area contributed by atoms with Crippen LogP contribution in [0.1, 0.15) is 38.2 Å². The lowest BCUT2D eigenvalue weighted by Gasteiger charge is -2.23. The summed E-state index contributed by atoms with van der Waals surface area (Å²) in [5.41, 5.74) is 4.43. The first-order valence-electron chi connectivity index (χ1n) is 10.3. The quantitative estimate of drug-likeness (QED) is 0.405. The van der Waals surface area contributed by atoms with Crippen LogP contribution in [-0.2, 0) is 0 Å². The fourth-order valence-corrected chi connectivity index (χ4v) is 4.76. The number of hydrogen-bond donors (Lipinski definition) is 3. The van der Waals surface area contributed by atoms with Crippen LogP contribution in [0.3, 0.4) is 0 Å². The molecule has 4 rings (SSSR count). The van der Waals surface area contributed by atoms with E-state index in [0.717, 1.165) is 45.8 Å². The number of anilines is 2. The molecule has 0 atom stereocenters. The summed E-state index contributed by atoms with van der Waals surface area (Å²) in [6.07, 6.45) is 2.52. The molecular weight excluding hydrogens is 412 g/mol. The summed E-state index contributed by atoms with van der Waals surface area (Å²) in [5, 5.41) is 15.5. The first-order chi connectivity index (χ1) is 14.6. The lowest BCUT2D eigenvalue weighted by molar-refractivity contribution is 0.243. The van der Waals surface area contributed by atoms with Gasteiger partial charge < -0.3 is 15.4 Å². The van der Waals surface area contributed by atoms with E-state index in [1.807, 2.05) is 32.0 Å². The molecule has 3 aromatic rings. The van der Waals surface area contributed by atoms with Gasteiger partial charge in [0.2, 0.25) is 0 Å². The van der Waals surface area contributed by atoms with Gasteiger partial charge in [-0.3, -0.25) is 5.14 Å². The summed E-state index contributed by atoms with van der Waals surface area (Å²) in [7, 11) is 0. The smallest absolute Gasteiger partial charge is 0.187 e. The maximum atomic E-state index is 5.94. The first-order valence-corrected chi connectivity index (χ1v) is 12.1. The van der Waals surface area contributed by atoms with Crippen LogP contribution in [0.25, 0.3) is 11.3 Å². The van der Waals surface area contributed by atoms with Crippen LogP contribution in [0.2, 0.25) is 0 Å². The van der Waals surface area contributed by atoms with Gasteiger partial charge in [0.25, 0.3) is 0 Å². The summed E-state index contributed by atoms with van der Waals surface area (Å²) < 4.78 is 5.94. The molecule has 7 heteroatoms. The van der Waals surface area contributed by atoms with Crippen molar-refractivity contribution in [2.24, 2.45) is 5.14 Å². The van der Waals surface area contributed by atoms with Crippen LogP contribution in [0.15, 0.2) is 52.7 Å². The Hall–Kier alpha value is -2.06. The molecule has 5 nitrogen and oxygen atoms in total. The molecule has 0 amide bonds. The Morgan fingerprint density at radius 1 is 1.17 bits per heavy atom. The fraction of sp³-hybridized carbons (Fsp3) is 0.348. The molecule has 0 radical (unpaired) electrons. The molecule has 2 aromatic carbocycles. The number of aromatic nitrogens is 1. The van der Waals surface area contributed by atoms with Crippen LogP contribution in [-0.4, -0.2) is 24.2 Å². The van der Waals surface area contributed by atoms with Crippen LogP contribution in [0.4, 0.5) is 10.8 Å². The van der Waals surface area contributed by atoms with Crippen molar-refractivity contribution in [1.29, 1.82) is 0 Å². The monoisotopic (exact) mass is 440 g/mol. The summed E-state index contributed by atoms with van der Waals surface area (Å²) in [4.78, 5) is 5.77. The van der Waals surface area contributed by atoms with Gasteiger partial charge in [0.1, 0.15) is 5.75 Å². The zero-order chi connectivity index (χ0) is 20.9. The molecule has 0 unspecified atom stereocenters. The lowest BCUT2D eigenvalue weighted by Crippen LogP contribution is -2.26. The maximum absolute atomic E-state index is 5.94. The van der Waals surface area contributed by atoms with Crippen molar-refractivity contribution in [3.05, 3.63) is 53.4 Å². The number of nitrogens with one attached hydrogen (secondary N) is 2. The largest absolute Gasteiger partial charge is 0.489 e. The van der Waals surface area contributed by atoms with Crippen molar-refractivity contribution in [3.8, 4) is 17.0 Å². The van der Waals surface area contributed by atoms with Crippen molar-refractivity contribution in [2.75, 3.05) is 18.4 Å². The average molecular weight is 441 g/mol. The number of ether oxygens (including phenoxy) is 1. The molecule has 0 bridgehead atoms. The Balaban J connectivity index is 1.50. The normalized spacial score (nSPS) is 14.8. The maximum Gasteiger partial charge on any atom is 0.187 e. The topological polar surface area (TPSA) is 72.2 Å². The minimum atomic E-state index is 0.0900. The van der Waals surface area contributed by atoms with Gasteiger partial charge in [-0.15, -0.1) is 11.3 Å². The van der Waals surface area contributed by atoms with E-state index in [-0.39, 0.29) is 6.10 Å². The van der Waals surface area contributed by atoms with E-state index in [9.17, 15) is 0 Å². The van der Waals surface area contributed by atoms with E-state index in [1.165, 1.54) is 30.4 Å². The second kappa shape index (κ2) is 9.83. The highest BCUT2D eigenvalue weighted by Crippen LogP contribution is 2.35. The van der Waals surface area contributed by atoms with Crippen molar-refractivity contribution in [2.45, 2.75) is 43.6 Å².